The van der Waals surface area contributed by atoms with Gasteiger partial charge in [0.2, 0.25) is 5.91 Å². The zero-order chi connectivity index (χ0) is 16.3. The first-order valence-electron chi connectivity index (χ1n) is 6.80. The summed E-state index contributed by atoms with van der Waals surface area (Å²) in [6.07, 6.45) is -2.71. The maximum absolute atomic E-state index is 13.3. The van der Waals surface area contributed by atoms with Crippen molar-refractivity contribution >= 4 is 11.6 Å². The second-order valence-corrected chi connectivity index (χ2v) is 5.30. The standard InChI is InChI=1S/C14H16F4N2O2/c15-9-2-4-12(22-7-14(16,17)18)11(6-9)20-13(21)8-1-3-10(19)5-8/h2,4,6,8,10H,1,3,5,7,19H2,(H,20,21). The molecule has 1 saturated carbocycles. The summed E-state index contributed by atoms with van der Waals surface area (Å²) in [6.45, 7) is -1.52. The summed E-state index contributed by atoms with van der Waals surface area (Å²) < 4.78 is 54.5. The van der Waals surface area contributed by atoms with Crippen LogP contribution in [0, 0.1) is 11.7 Å². The molecule has 1 aliphatic carbocycles. The van der Waals surface area contributed by atoms with E-state index < -0.39 is 24.5 Å². The number of halogens is 4. The van der Waals surface area contributed by atoms with Gasteiger partial charge >= 0.3 is 6.18 Å². The topological polar surface area (TPSA) is 64.4 Å². The fourth-order valence-electron chi connectivity index (χ4n) is 2.37. The van der Waals surface area contributed by atoms with Gasteiger partial charge in [0.1, 0.15) is 11.6 Å². The molecule has 1 amide bonds. The summed E-state index contributed by atoms with van der Waals surface area (Å²) >= 11 is 0. The molecular formula is C14H16F4N2O2. The Labute approximate surface area is 124 Å². The lowest BCUT2D eigenvalue weighted by atomic mass is 10.1. The largest absolute Gasteiger partial charge is 0.482 e. The molecule has 0 aromatic heterocycles. The number of nitrogens with two attached hydrogens (primary N) is 1. The second kappa shape index (κ2) is 6.51. The molecule has 3 N–H and O–H groups in total. The molecule has 0 saturated heterocycles. The van der Waals surface area contributed by atoms with Crippen molar-refractivity contribution in [1.82, 2.24) is 0 Å². The van der Waals surface area contributed by atoms with E-state index in [1.807, 2.05) is 0 Å². The summed E-state index contributed by atoms with van der Waals surface area (Å²) in [4.78, 5) is 12.1. The Bertz CT molecular complexity index is 548. The molecule has 8 heteroatoms. The highest BCUT2D eigenvalue weighted by atomic mass is 19.4. The monoisotopic (exact) mass is 320 g/mol. The van der Waals surface area contributed by atoms with E-state index in [2.05, 4.69) is 10.1 Å². The zero-order valence-electron chi connectivity index (χ0n) is 11.6. The van der Waals surface area contributed by atoms with Gasteiger partial charge in [-0.3, -0.25) is 4.79 Å². The number of hydrogen-bond acceptors (Lipinski definition) is 3. The third kappa shape index (κ3) is 4.59. The van der Waals surface area contributed by atoms with Crippen molar-refractivity contribution in [2.75, 3.05) is 11.9 Å². The molecule has 22 heavy (non-hydrogen) atoms. The van der Waals surface area contributed by atoms with Gasteiger partial charge in [-0.05, 0) is 31.4 Å². The van der Waals surface area contributed by atoms with Crippen molar-refractivity contribution in [2.24, 2.45) is 11.7 Å². The van der Waals surface area contributed by atoms with Gasteiger partial charge in [0.05, 0.1) is 5.69 Å². The number of hydrogen-bond donors (Lipinski definition) is 2. The molecule has 0 heterocycles. The molecule has 0 radical (unpaired) electrons. The Morgan fingerprint density at radius 2 is 2.09 bits per heavy atom. The minimum atomic E-state index is -4.52. The molecule has 2 rings (SSSR count). The Kier molecular flexibility index (Phi) is 4.90. The molecule has 4 nitrogen and oxygen atoms in total. The zero-order valence-corrected chi connectivity index (χ0v) is 11.6. The van der Waals surface area contributed by atoms with Crippen LogP contribution < -0.4 is 15.8 Å². The lowest BCUT2D eigenvalue weighted by Crippen LogP contribution is -2.24. The smallest absolute Gasteiger partial charge is 0.422 e. The van der Waals surface area contributed by atoms with E-state index in [9.17, 15) is 22.4 Å². The van der Waals surface area contributed by atoms with Crippen molar-refractivity contribution in [2.45, 2.75) is 31.5 Å². The minimum Gasteiger partial charge on any atom is -0.482 e. The Morgan fingerprint density at radius 1 is 1.36 bits per heavy atom. The van der Waals surface area contributed by atoms with E-state index >= 15 is 0 Å². The van der Waals surface area contributed by atoms with Crippen molar-refractivity contribution in [3.63, 3.8) is 0 Å². The highest BCUT2D eigenvalue weighted by molar-refractivity contribution is 5.94. The fourth-order valence-corrected chi connectivity index (χ4v) is 2.37. The summed E-state index contributed by atoms with van der Waals surface area (Å²) in [6, 6.07) is 2.88. The number of rotatable bonds is 4. The van der Waals surface area contributed by atoms with Crippen LogP contribution in [0.15, 0.2) is 18.2 Å². The van der Waals surface area contributed by atoms with Gasteiger partial charge in [0, 0.05) is 18.0 Å². The number of ether oxygens (including phenoxy) is 1. The number of carbonyl (C=O) groups is 1. The number of benzene rings is 1. The Balaban J connectivity index is 2.08. The predicted molar refractivity (Wildman–Crippen MR) is 71.9 cm³/mol. The van der Waals surface area contributed by atoms with Crippen LogP contribution in [0.5, 0.6) is 5.75 Å². The number of carbonyl (C=O) groups excluding carboxylic acids is 1. The number of amides is 1. The highest BCUT2D eigenvalue weighted by Gasteiger charge is 2.30. The number of nitrogens with one attached hydrogen (secondary N) is 1. The van der Waals surface area contributed by atoms with E-state index in [0.29, 0.717) is 19.3 Å². The Morgan fingerprint density at radius 3 is 2.68 bits per heavy atom. The van der Waals surface area contributed by atoms with Crippen LogP contribution in [0.3, 0.4) is 0 Å². The van der Waals surface area contributed by atoms with Crippen molar-refractivity contribution in [3.05, 3.63) is 24.0 Å². The lowest BCUT2D eigenvalue weighted by molar-refractivity contribution is -0.153. The molecular weight excluding hydrogens is 304 g/mol. The van der Waals surface area contributed by atoms with Gasteiger partial charge < -0.3 is 15.8 Å². The van der Waals surface area contributed by atoms with Gasteiger partial charge in [0.15, 0.2) is 6.61 Å². The van der Waals surface area contributed by atoms with Gasteiger partial charge in [0.25, 0.3) is 0 Å². The first-order chi connectivity index (χ1) is 10.2. The fraction of sp³-hybridized carbons (Fsp3) is 0.500. The highest BCUT2D eigenvalue weighted by Crippen LogP contribution is 2.30. The van der Waals surface area contributed by atoms with E-state index in [1.54, 1.807) is 0 Å². The molecule has 0 bridgehead atoms. The van der Waals surface area contributed by atoms with Crippen LogP contribution in [0.4, 0.5) is 23.2 Å². The average molecular weight is 320 g/mol. The summed E-state index contributed by atoms with van der Waals surface area (Å²) in [5.74, 6) is -1.63. The van der Waals surface area contributed by atoms with E-state index in [0.717, 1.165) is 18.2 Å². The van der Waals surface area contributed by atoms with E-state index in [1.165, 1.54) is 0 Å². The van der Waals surface area contributed by atoms with Crippen molar-refractivity contribution in [3.8, 4) is 5.75 Å². The van der Waals surface area contributed by atoms with Crippen LogP contribution in [0.2, 0.25) is 0 Å². The molecule has 1 aromatic carbocycles. The van der Waals surface area contributed by atoms with Crippen molar-refractivity contribution < 1.29 is 27.1 Å². The first kappa shape index (κ1) is 16.5. The van der Waals surface area contributed by atoms with Crippen LogP contribution >= 0.6 is 0 Å². The number of alkyl halides is 3. The van der Waals surface area contributed by atoms with E-state index in [-0.39, 0.29) is 23.4 Å². The molecule has 1 fully saturated rings. The number of anilines is 1. The van der Waals surface area contributed by atoms with Gasteiger partial charge in [-0.15, -0.1) is 0 Å². The van der Waals surface area contributed by atoms with Crippen molar-refractivity contribution in [1.29, 1.82) is 0 Å². The summed E-state index contributed by atoms with van der Waals surface area (Å²) in [5.41, 5.74) is 5.60. The second-order valence-electron chi connectivity index (χ2n) is 5.30. The van der Waals surface area contributed by atoms with E-state index in [4.69, 9.17) is 5.73 Å². The molecule has 1 aliphatic rings. The van der Waals surface area contributed by atoms with Crippen LogP contribution in [0.25, 0.3) is 0 Å². The molecule has 2 unspecified atom stereocenters. The van der Waals surface area contributed by atoms with Gasteiger partial charge in [-0.1, -0.05) is 0 Å². The lowest BCUT2D eigenvalue weighted by Gasteiger charge is -2.16. The van der Waals surface area contributed by atoms with Crippen LogP contribution in [-0.2, 0) is 4.79 Å². The van der Waals surface area contributed by atoms with Crippen LogP contribution in [-0.4, -0.2) is 24.7 Å². The maximum atomic E-state index is 13.3. The predicted octanol–water partition coefficient (Wildman–Crippen LogP) is 2.83. The minimum absolute atomic E-state index is 0.0655. The molecule has 2 atom stereocenters. The normalized spacial score (nSPS) is 21.7. The van der Waals surface area contributed by atoms with Crippen LogP contribution in [0.1, 0.15) is 19.3 Å². The molecule has 1 aromatic rings. The maximum Gasteiger partial charge on any atom is 0.422 e. The molecule has 0 spiro atoms. The Hall–Kier alpha value is -1.83. The molecule has 0 aliphatic heterocycles. The molecule has 122 valence electrons. The summed E-state index contributed by atoms with van der Waals surface area (Å²) in [5, 5.41) is 2.42. The quantitative estimate of drug-likeness (QED) is 0.839. The third-order valence-corrected chi connectivity index (χ3v) is 3.43. The first-order valence-corrected chi connectivity index (χ1v) is 6.80. The van der Waals surface area contributed by atoms with Gasteiger partial charge in [-0.2, -0.15) is 13.2 Å². The third-order valence-electron chi connectivity index (χ3n) is 3.43. The summed E-state index contributed by atoms with van der Waals surface area (Å²) in [7, 11) is 0. The SMILES string of the molecule is NC1CCC(C(=O)Nc2cc(F)ccc2OCC(F)(F)F)C1. The van der Waals surface area contributed by atoms with Gasteiger partial charge in [-0.25, -0.2) is 4.39 Å². The average Bonchev–Trinajstić information content (AvgIpc) is 2.83.